The van der Waals surface area contributed by atoms with Crippen molar-refractivity contribution >= 4 is 5.91 Å². The maximum atomic E-state index is 11.8. The molecule has 0 saturated carbocycles. The second-order valence-corrected chi connectivity index (χ2v) is 5.41. The zero-order valence-corrected chi connectivity index (χ0v) is 13.7. The first-order valence-electron chi connectivity index (χ1n) is 7.76. The van der Waals surface area contributed by atoms with Crippen molar-refractivity contribution in [3.8, 4) is 11.5 Å². The molecule has 23 heavy (non-hydrogen) atoms. The van der Waals surface area contributed by atoms with Crippen LogP contribution in [0, 0.1) is 6.92 Å². The molecular formula is C19H23NO3. The van der Waals surface area contributed by atoms with Crippen molar-refractivity contribution in [1.29, 1.82) is 0 Å². The third kappa shape index (κ3) is 6.02. The minimum Gasteiger partial charge on any atom is -0.497 e. The Kier molecular flexibility index (Phi) is 6.48. The van der Waals surface area contributed by atoms with Gasteiger partial charge in [-0.05, 0) is 37.5 Å². The van der Waals surface area contributed by atoms with E-state index >= 15 is 0 Å². The summed E-state index contributed by atoms with van der Waals surface area (Å²) in [7, 11) is 1.60. The maximum Gasteiger partial charge on any atom is 0.257 e. The van der Waals surface area contributed by atoms with Crippen LogP contribution in [0.5, 0.6) is 11.5 Å². The molecule has 0 spiro atoms. The van der Waals surface area contributed by atoms with Crippen molar-refractivity contribution in [3.05, 3.63) is 59.7 Å². The molecule has 4 nitrogen and oxygen atoms in total. The molecule has 0 fully saturated rings. The number of amides is 1. The van der Waals surface area contributed by atoms with Crippen LogP contribution >= 0.6 is 0 Å². The number of carbonyl (C=O) groups is 1. The number of methoxy groups -OCH3 is 1. The molecule has 2 aromatic rings. The Morgan fingerprint density at radius 2 is 1.87 bits per heavy atom. The summed E-state index contributed by atoms with van der Waals surface area (Å²) in [6, 6.07) is 15.6. The largest absolute Gasteiger partial charge is 0.497 e. The summed E-state index contributed by atoms with van der Waals surface area (Å²) >= 11 is 0. The molecule has 1 N–H and O–H groups in total. The summed E-state index contributed by atoms with van der Waals surface area (Å²) < 4.78 is 10.6. The lowest BCUT2D eigenvalue weighted by Gasteiger charge is -2.08. The van der Waals surface area contributed by atoms with Crippen LogP contribution in [0.4, 0.5) is 0 Å². The van der Waals surface area contributed by atoms with Crippen LogP contribution in [0.2, 0.25) is 0 Å². The van der Waals surface area contributed by atoms with Gasteiger partial charge >= 0.3 is 0 Å². The average Bonchev–Trinajstić information content (AvgIpc) is 2.57. The number of rotatable bonds is 8. The number of hydrogen-bond donors (Lipinski definition) is 1. The number of ether oxygens (including phenoxy) is 2. The summed E-state index contributed by atoms with van der Waals surface area (Å²) in [6.45, 7) is 2.74. The Morgan fingerprint density at radius 1 is 1.09 bits per heavy atom. The smallest absolute Gasteiger partial charge is 0.257 e. The van der Waals surface area contributed by atoms with Crippen LogP contribution in [0.3, 0.4) is 0 Å². The topological polar surface area (TPSA) is 47.6 Å². The number of aryl methyl sites for hydroxylation is 2. The molecule has 0 bridgehead atoms. The molecule has 0 heterocycles. The fraction of sp³-hybridized carbons (Fsp3) is 0.316. The van der Waals surface area contributed by atoms with Crippen LogP contribution in [-0.4, -0.2) is 26.2 Å². The molecule has 122 valence electrons. The van der Waals surface area contributed by atoms with Gasteiger partial charge in [0.05, 0.1) is 7.11 Å². The van der Waals surface area contributed by atoms with E-state index in [1.54, 1.807) is 19.2 Å². The highest BCUT2D eigenvalue weighted by Crippen LogP contribution is 2.18. The van der Waals surface area contributed by atoms with Gasteiger partial charge in [0, 0.05) is 12.6 Å². The fourth-order valence-electron chi connectivity index (χ4n) is 2.28. The van der Waals surface area contributed by atoms with Crippen LogP contribution in [0.1, 0.15) is 17.5 Å². The molecule has 4 heteroatoms. The fourth-order valence-corrected chi connectivity index (χ4v) is 2.28. The zero-order chi connectivity index (χ0) is 16.5. The number of hydrogen-bond acceptors (Lipinski definition) is 3. The average molecular weight is 313 g/mol. The van der Waals surface area contributed by atoms with E-state index in [0.29, 0.717) is 18.0 Å². The van der Waals surface area contributed by atoms with Gasteiger partial charge in [0.15, 0.2) is 6.61 Å². The molecule has 0 aliphatic carbocycles. The Morgan fingerprint density at radius 3 is 2.65 bits per heavy atom. The maximum absolute atomic E-state index is 11.8. The van der Waals surface area contributed by atoms with E-state index < -0.39 is 0 Å². The van der Waals surface area contributed by atoms with E-state index in [4.69, 9.17) is 9.47 Å². The third-order valence-electron chi connectivity index (χ3n) is 3.46. The van der Waals surface area contributed by atoms with Crippen molar-refractivity contribution < 1.29 is 14.3 Å². The van der Waals surface area contributed by atoms with Gasteiger partial charge in [0.2, 0.25) is 0 Å². The van der Waals surface area contributed by atoms with E-state index in [1.807, 2.05) is 12.1 Å². The van der Waals surface area contributed by atoms with Crippen LogP contribution in [-0.2, 0) is 11.2 Å². The van der Waals surface area contributed by atoms with Crippen molar-refractivity contribution in [3.63, 3.8) is 0 Å². The van der Waals surface area contributed by atoms with Gasteiger partial charge in [-0.3, -0.25) is 4.79 Å². The summed E-state index contributed by atoms with van der Waals surface area (Å²) in [5, 5.41) is 2.87. The quantitative estimate of drug-likeness (QED) is 0.762. The first kappa shape index (κ1) is 16.9. The predicted octanol–water partition coefficient (Wildman–Crippen LogP) is 3.13. The van der Waals surface area contributed by atoms with Gasteiger partial charge in [0.1, 0.15) is 11.5 Å². The van der Waals surface area contributed by atoms with Gasteiger partial charge in [-0.1, -0.05) is 35.9 Å². The van der Waals surface area contributed by atoms with Gasteiger partial charge in [-0.2, -0.15) is 0 Å². The third-order valence-corrected chi connectivity index (χ3v) is 3.46. The van der Waals surface area contributed by atoms with Crippen molar-refractivity contribution in [2.24, 2.45) is 0 Å². The normalized spacial score (nSPS) is 10.2. The van der Waals surface area contributed by atoms with E-state index in [1.165, 1.54) is 11.1 Å². The SMILES string of the molecule is COc1cccc(OCC(=O)NCCCc2cccc(C)c2)c1. The molecular weight excluding hydrogens is 290 g/mol. The van der Waals surface area contributed by atoms with Crippen molar-refractivity contribution in [2.75, 3.05) is 20.3 Å². The highest BCUT2D eigenvalue weighted by atomic mass is 16.5. The van der Waals surface area contributed by atoms with Crippen LogP contribution < -0.4 is 14.8 Å². The van der Waals surface area contributed by atoms with E-state index in [0.717, 1.165) is 12.8 Å². The van der Waals surface area contributed by atoms with E-state index in [-0.39, 0.29) is 12.5 Å². The molecule has 0 aliphatic rings. The first-order valence-corrected chi connectivity index (χ1v) is 7.76. The van der Waals surface area contributed by atoms with Crippen molar-refractivity contribution in [1.82, 2.24) is 5.32 Å². The lowest BCUT2D eigenvalue weighted by atomic mass is 10.1. The van der Waals surface area contributed by atoms with Gasteiger partial charge < -0.3 is 14.8 Å². The summed E-state index contributed by atoms with van der Waals surface area (Å²) in [4.78, 5) is 11.8. The van der Waals surface area contributed by atoms with Gasteiger partial charge in [0.25, 0.3) is 5.91 Å². The molecule has 0 atom stereocenters. The summed E-state index contributed by atoms with van der Waals surface area (Å²) in [6.07, 6.45) is 1.87. The molecule has 0 unspecified atom stereocenters. The second kappa shape index (κ2) is 8.83. The Bertz CT molecular complexity index is 640. The van der Waals surface area contributed by atoms with Crippen LogP contribution in [0.25, 0.3) is 0 Å². The second-order valence-electron chi connectivity index (χ2n) is 5.41. The molecule has 0 aromatic heterocycles. The molecule has 0 saturated heterocycles. The molecule has 2 aromatic carbocycles. The van der Waals surface area contributed by atoms with Gasteiger partial charge in [-0.25, -0.2) is 0 Å². The highest BCUT2D eigenvalue weighted by Gasteiger charge is 2.03. The monoisotopic (exact) mass is 313 g/mol. The first-order chi connectivity index (χ1) is 11.2. The zero-order valence-electron chi connectivity index (χ0n) is 13.7. The number of nitrogens with one attached hydrogen (secondary N) is 1. The number of benzene rings is 2. The standard InChI is InChI=1S/C19H23NO3/c1-15-6-3-7-16(12-15)8-5-11-20-19(21)14-23-18-10-4-9-17(13-18)22-2/h3-4,6-7,9-10,12-13H,5,8,11,14H2,1-2H3,(H,20,21). The summed E-state index contributed by atoms with van der Waals surface area (Å²) in [5.74, 6) is 1.22. The van der Waals surface area contributed by atoms with Crippen molar-refractivity contribution in [2.45, 2.75) is 19.8 Å². The molecule has 2 rings (SSSR count). The minimum atomic E-state index is -0.114. The van der Waals surface area contributed by atoms with E-state index in [2.05, 4.69) is 36.5 Å². The Balaban J connectivity index is 1.65. The van der Waals surface area contributed by atoms with E-state index in [9.17, 15) is 4.79 Å². The van der Waals surface area contributed by atoms with Gasteiger partial charge in [-0.15, -0.1) is 0 Å². The minimum absolute atomic E-state index is 0.0115. The summed E-state index contributed by atoms with van der Waals surface area (Å²) in [5.41, 5.74) is 2.56. The lowest BCUT2D eigenvalue weighted by Crippen LogP contribution is -2.29. The highest BCUT2D eigenvalue weighted by molar-refractivity contribution is 5.77. The van der Waals surface area contributed by atoms with Crippen LogP contribution in [0.15, 0.2) is 48.5 Å². The number of carbonyl (C=O) groups excluding carboxylic acids is 1. The lowest BCUT2D eigenvalue weighted by molar-refractivity contribution is -0.123. The molecule has 0 aliphatic heterocycles. The Labute approximate surface area is 137 Å². The molecule has 0 radical (unpaired) electrons. The Hall–Kier alpha value is -2.49. The predicted molar refractivity (Wildman–Crippen MR) is 91.0 cm³/mol. The molecule has 1 amide bonds.